The highest BCUT2D eigenvalue weighted by molar-refractivity contribution is 5.68. The molecule has 0 aromatic heterocycles. The predicted octanol–water partition coefficient (Wildman–Crippen LogP) is 3.21. The van der Waals surface area contributed by atoms with Crippen molar-refractivity contribution in [2.24, 2.45) is 5.92 Å². The average molecular weight is 250 g/mol. The average Bonchev–Trinajstić information content (AvgIpc) is 3.18. The van der Waals surface area contributed by atoms with E-state index in [1.54, 1.807) is 18.2 Å². The summed E-state index contributed by atoms with van der Waals surface area (Å²) >= 11 is 0. The zero-order valence-corrected chi connectivity index (χ0v) is 10.5. The van der Waals surface area contributed by atoms with Crippen molar-refractivity contribution in [3.63, 3.8) is 0 Å². The van der Waals surface area contributed by atoms with Crippen molar-refractivity contribution >= 4 is 11.4 Å². The van der Waals surface area contributed by atoms with Gasteiger partial charge in [0, 0.05) is 6.54 Å². The van der Waals surface area contributed by atoms with Gasteiger partial charge in [0.15, 0.2) is 5.75 Å². The van der Waals surface area contributed by atoms with E-state index < -0.39 is 4.92 Å². The van der Waals surface area contributed by atoms with Crippen LogP contribution in [0.2, 0.25) is 0 Å². The Balaban J connectivity index is 1.98. The zero-order valence-electron chi connectivity index (χ0n) is 10.5. The highest BCUT2D eigenvalue weighted by atomic mass is 16.6. The van der Waals surface area contributed by atoms with E-state index >= 15 is 0 Å². The summed E-state index contributed by atoms with van der Waals surface area (Å²) < 4.78 is 5.02. The summed E-state index contributed by atoms with van der Waals surface area (Å²) in [6.07, 6.45) is 4.96. The summed E-state index contributed by atoms with van der Waals surface area (Å²) in [7, 11) is 1.44. The molecule has 0 heterocycles. The van der Waals surface area contributed by atoms with E-state index in [4.69, 9.17) is 4.74 Å². The van der Waals surface area contributed by atoms with Gasteiger partial charge in [-0.05, 0) is 30.9 Å². The molecule has 0 bridgehead atoms. The molecule has 98 valence electrons. The van der Waals surface area contributed by atoms with E-state index in [0.717, 1.165) is 18.9 Å². The van der Waals surface area contributed by atoms with Crippen LogP contribution < -0.4 is 10.1 Å². The summed E-state index contributed by atoms with van der Waals surface area (Å²) in [4.78, 5) is 10.6. The van der Waals surface area contributed by atoms with Crippen LogP contribution in [0.3, 0.4) is 0 Å². The van der Waals surface area contributed by atoms with Crippen molar-refractivity contribution in [2.45, 2.75) is 25.7 Å². The van der Waals surface area contributed by atoms with Gasteiger partial charge in [-0.3, -0.25) is 10.1 Å². The summed E-state index contributed by atoms with van der Waals surface area (Å²) in [6.45, 7) is 0.768. The van der Waals surface area contributed by atoms with Crippen molar-refractivity contribution in [1.29, 1.82) is 0 Å². The molecule has 0 radical (unpaired) electrons. The summed E-state index contributed by atoms with van der Waals surface area (Å²) in [5, 5.41) is 14.2. The number of nitro groups is 1. The molecule has 5 heteroatoms. The molecular weight excluding hydrogens is 232 g/mol. The lowest BCUT2D eigenvalue weighted by atomic mass is 10.2. The lowest BCUT2D eigenvalue weighted by molar-refractivity contribution is -0.384. The molecule has 1 N–H and O–H groups in total. The summed E-state index contributed by atoms with van der Waals surface area (Å²) in [5.41, 5.74) is 0.557. The fourth-order valence-electron chi connectivity index (χ4n) is 2.04. The Kier molecular flexibility index (Phi) is 4.02. The van der Waals surface area contributed by atoms with E-state index in [2.05, 4.69) is 5.32 Å². The first-order valence-corrected chi connectivity index (χ1v) is 6.27. The van der Waals surface area contributed by atoms with Gasteiger partial charge in [0.25, 0.3) is 0 Å². The van der Waals surface area contributed by atoms with Gasteiger partial charge >= 0.3 is 5.69 Å². The molecule has 18 heavy (non-hydrogen) atoms. The lowest BCUT2D eigenvalue weighted by Crippen LogP contribution is -2.05. The molecule has 2 rings (SSSR count). The quantitative estimate of drug-likeness (QED) is 0.458. The summed E-state index contributed by atoms with van der Waals surface area (Å²) in [6, 6.07) is 5.08. The fourth-order valence-corrected chi connectivity index (χ4v) is 2.04. The van der Waals surface area contributed by atoms with Crippen LogP contribution >= 0.6 is 0 Å². The number of benzene rings is 1. The zero-order chi connectivity index (χ0) is 13.0. The monoisotopic (exact) mass is 250 g/mol. The van der Waals surface area contributed by atoms with Crippen LogP contribution in [0.25, 0.3) is 0 Å². The number of nitrogens with one attached hydrogen (secondary N) is 1. The van der Waals surface area contributed by atoms with E-state index in [1.165, 1.54) is 26.4 Å². The molecule has 0 amide bonds. The predicted molar refractivity (Wildman–Crippen MR) is 70.1 cm³/mol. The Morgan fingerprint density at radius 3 is 2.89 bits per heavy atom. The molecule has 1 aliphatic rings. The Hall–Kier alpha value is -1.78. The maximum atomic E-state index is 11.0. The first-order valence-electron chi connectivity index (χ1n) is 6.27. The second-order valence-electron chi connectivity index (χ2n) is 4.63. The maximum Gasteiger partial charge on any atom is 0.333 e. The van der Waals surface area contributed by atoms with Crippen molar-refractivity contribution < 1.29 is 9.66 Å². The molecule has 1 aromatic rings. The SMILES string of the molecule is COc1cccc(NCCCC2CC2)c1[N+](=O)[O-]. The van der Waals surface area contributed by atoms with Crippen LogP contribution in [0.4, 0.5) is 11.4 Å². The Labute approximate surface area is 106 Å². The topological polar surface area (TPSA) is 64.4 Å². The third-order valence-electron chi connectivity index (χ3n) is 3.20. The molecule has 1 aliphatic carbocycles. The van der Waals surface area contributed by atoms with E-state index in [1.807, 2.05) is 0 Å². The van der Waals surface area contributed by atoms with Gasteiger partial charge in [0.2, 0.25) is 0 Å². The number of methoxy groups -OCH3 is 1. The van der Waals surface area contributed by atoms with Gasteiger partial charge < -0.3 is 10.1 Å². The third kappa shape index (κ3) is 3.12. The van der Waals surface area contributed by atoms with E-state index in [-0.39, 0.29) is 5.69 Å². The fraction of sp³-hybridized carbons (Fsp3) is 0.538. The molecule has 5 nitrogen and oxygen atoms in total. The Bertz CT molecular complexity index is 430. The number of nitro benzene ring substituents is 1. The molecule has 0 aliphatic heterocycles. The van der Waals surface area contributed by atoms with Gasteiger partial charge in [0.1, 0.15) is 5.69 Å². The van der Waals surface area contributed by atoms with Crippen molar-refractivity contribution in [1.82, 2.24) is 0 Å². The highest BCUT2D eigenvalue weighted by Gasteiger charge is 2.22. The Morgan fingerprint density at radius 1 is 1.50 bits per heavy atom. The highest BCUT2D eigenvalue weighted by Crippen LogP contribution is 2.35. The first kappa shape index (κ1) is 12.7. The number of anilines is 1. The molecule has 1 aromatic carbocycles. The third-order valence-corrected chi connectivity index (χ3v) is 3.20. The van der Waals surface area contributed by atoms with Crippen LogP contribution in [-0.2, 0) is 0 Å². The minimum absolute atomic E-state index is 0.0198. The number of para-hydroxylation sites is 1. The Morgan fingerprint density at radius 2 is 2.28 bits per heavy atom. The smallest absolute Gasteiger partial charge is 0.333 e. The van der Waals surface area contributed by atoms with Gasteiger partial charge in [0.05, 0.1) is 12.0 Å². The van der Waals surface area contributed by atoms with Crippen LogP contribution in [0, 0.1) is 16.0 Å². The van der Waals surface area contributed by atoms with Crippen LogP contribution in [0.5, 0.6) is 5.75 Å². The second-order valence-corrected chi connectivity index (χ2v) is 4.63. The van der Waals surface area contributed by atoms with Crippen LogP contribution in [-0.4, -0.2) is 18.6 Å². The van der Waals surface area contributed by atoms with E-state index in [0.29, 0.717) is 11.4 Å². The number of hydrogen-bond acceptors (Lipinski definition) is 4. The minimum Gasteiger partial charge on any atom is -0.490 e. The molecule has 1 fully saturated rings. The number of nitrogens with zero attached hydrogens (tertiary/aromatic N) is 1. The minimum atomic E-state index is -0.401. The molecule has 1 saturated carbocycles. The molecule has 0 atom stereocenters. The number of rotatable bonds is 7. The standard InChI is InChI=1S/C13H18N2O3/c1-18-12-6-2-5-11(13(12)15(16)17)14-9-3-4-10-7-8-10/h2,5-6,10,14H,3-4,7-9H2,1H3. The van der Waals surface area contributed by atoms with Crippen molar-refractivity contribution in [2.75, 3.05) is 19.0 Å². The van der Waals surface area contributed by atoms with Crippen LogP contribution in [0.1, 0.15) is 25.7 Å². The largest absolute Gasteiger partial charge is 0.490 e. The van der Waals surface area contributed by atoms with Crippen molar-refractivity contribution in [3.05, 3.63) is 28.3 Å². The molecule has 0 spiro atoms. The van der Waals surface area contributed by atoms with E-state index in [9.17, 15) is 10.1 Å². The van der Waals surface area contributed by atoms with Crippen molar-refractivity contribution in [3.8, 4) is 5.75 Å². The molecule has 0 unspecified atom stereocenters. The molecular formula is C13H18N2O3. The van der Waals surface area contributed by atoms with Crippen LogP contribution in [0.15, 0.2) is 18.2 Å². The van der Waals surface area contributed by atoms with Gasteiger partial charge in [-0.2, -0.15) is 0 Å². The normalized spacial score (nSPS) is 14.3. The van der Waals surface area contributed by atoms with Gasteiger partial charge in [-0.1, -0.05) is 18.9 Å². The lowest BCUT2D eigenvalue weighted by Gasteiger charge is -2.09. The maximum absolute atomic E-state index is 11.0. The molecule has 0 saturated heterocycles. The van der Waals surface area contributed by atoms with Gasteiger partial charge in [-0.15, -0.1) is 0 Å². The van der Waals surface area contributed by atoms with Gasteiger partial charge in [-0.25, -0.2) is 0 Å². The second kappa shape index (κ2) is 5.71. The summed E-state index contributed by atoms with van der Waals surface area (Å²) in [5.74, 6) is 1.19. The number of ether oxygens (including phenoxy) is 1. The number of hydrogen-bond donors (Lipinski definition) is 1. The first-order chi connectivity index (χ1) is 8.72.